The molecule has 3 rings (SSSR count). The van der Waals surface area contributed by atoms with Gasteiger partial charge in [-0.25, -0.2) is 0 Å². The number of pyridine rings is 1. The predicted molar refractivity (Wildman–Crippen MR) is 80.9 cm³/mol. The normalized spacial score (nSPS) is 18.2. The van der Waals surface area contributed by atoms with Gasteiger partial charge in [0.1, 0.15) is 5.82 Å². The molecule has 0 radical (unpaired) electrons. The van der Waals surface area contributed by atoms with Crippen molar-refractivity contribution >= 4 is 5.65 Å². The third-order valence-electron chi connectivity index (χ3n) is 4.54. The second kappa shape index (κ2) is 5.52. The van der Waals surface area contributed by atoms with Crippen LogP contribution in [0.25, 0.3) is 5.65 Å². The second-order valence-corrected chi connectivity index (χ2v) is 6.25. The highest BCUT2D eigenvalue weighted by molar-refractivity contribution is 5.39. The van der Waals surface area contributed by atoms with Crippen LogP contribution in [0.1, 0.15) is 38.2 Å². The summed E-state index contributed by atoms with van der Waals surface area (Å²) in [5, 5.41) is 8.69. The molecule has 108 valence electrons. The first-order valence-electron chi connectivity index (χ1n) is 7.69. The van der Waals surface area contributed by atoms with Crippen molar-refractivity contribution in [2.75, 3.05) is 13.1 Å². The van der Waals surface area contributed by atoms with Crippen molar-refractivity contribution in [3.05, 3.63) is 29.7 Å². The van der Waals surface area contributed by atoms with Gasteiger partial charge in [0, 0.05) is 18.2 Å². The van der Waals surface area contributed by atoms with E-state index in [2.05, 4.69) is 46.3 Å². The first-order chi connectivity index (χ1) is 9.65. The van der Waals surface area contributed by atoms with Crippen molar-refractivity contribution in [3.63, 3.8) is 0 Å². The van der Waals surface area contributed by atoms with E-state index in [1.54, 1.807) is 0 Å². The summed E-state index contributed by atoms with van der Waals surface area (Å²) in [6.07, 6.45) is 3.61. The fraction of sp³-hybridized carbons (Fsp3) is 0.625. The molecule has 0 saturated carbocycles. The minimum Gasteiger partial charge on any atom is -0.301 e. The lowest BCUT2D eigenvalue weighted by Crippen LogP contribution is -2.39. The van der Waals surface area contributed by atoms with Gasteiger partial charge in [0.2, 0.25) is 0 Å². The van der Waals surface area contributed by atoms with Gasteiger partial charge in [0.25, 0.3) is 0 Å². The first-order valence-corrected chi connectivity index (χ1v) is 7.69. The second-order valence-electron chi connectivity index (χ2n) is 6.25. The van der Waals surface area contributed by atoms with Crippen LogP contribution in [-0.2, 0) is 6.42 Å². The van der Waals surface area contributed by atoms with Gasteiger partial charge >= 0.3 is 0 Å². The Morgan fingerprint density at radius 2 is 1.95 bits per heavy atom. The number of nitrogens with zero attached hydrogens (tertiary/aromatic N) is 4. The molecule has 0 amide bonds. The van der Waals surface area contributed by atoms with E-state index in [4.69, 9.17) is 0 Å². The first kappa shape index (κ1) is 13.6. The maximum atomic E-state index is 4.40. The number of likely N-dealkylation sites (tertiary alicyclic amines) is 1. The molecule has 0 aliphatic carbocycles. The average molecular weight is 272 g/mol. The molecule has 20 heavy (non-hydrogen) atoms. The van der Waals surface area contributed by atoms with Crippen LogP contribution in [0.2, 0.25) is 0 Å². The van der Waals surface area contributed by atoms with Crippen LogP contribution in [0.15, 0.2) is 18.2 Å². The summed E-state index contributed by atoms with van der Waals surface area (Å²) in [6, 6.07) is 6.88. The molecule has 4 heteroatoms. The van der Waals surface area contributed by atoms with Crippen molar-refractivity contribution in [2.24, 2.45) is 5.92 Å². The minimum atomic E-state index is 0.673. The molecule has 3 heterocycles. The highest BCUT2D eigenvalue weighted by Crippen LogP contribution is 2.22. The van der Waals surface area contributed by atoms with E-state index in [0.29, 0.717) is 6.04 Å². The summed E-state index contributed by atoms with van der Waals surface area (Å²) in [5.74, 6) is 1.87. The van der Waals surface area contributed by atoms with Gasteiger partial charge in [-0.3, -0.25) is 4.40 Å². The third-order valence-corrected chi connectivity index (χ3v) is 4.54. The Labute approximate surface area is 120 Å². The average Bonchev–Trinajstić information content (AvgIpc) is 2.84. The Morgan fingerprint density at radius 1 is 1.20 bits per heavy atom. The molecule has 1 saturated heterocycles. The quantitative estimate of drug-likeness (QED) is 0.861. The van der Waals surface area contributed by atoms with E-state index in [1.807, 2.05) is 12.1 Å². The summed E-state index contributed by atoms with van der Waals surface area (Å²) in [5.41, 5.74) is 2.20. The van der Waals surface area contributed by atoms with Crippen LogP contribution in [0, 0.1) is 12.8 Å². The lowest BCUT2D eigenvalue weighted by atomic mass is 9.92. The van der Waals surface area contributed by atoms with Gasteiger partial charge in [-0.05, 0) is 64.8 Å². The van der Waals surface area contributed by atoms with Gasteiger partial charge in [-0.15, -0.1) is 10.2 Å². The monoisotopic (exact) mass is 272 g/mol. The zero-order valence-electron chi connectivity index (χ0n) is 12.7. The van der Waals surface area contributed by atoms with Crippen LogP contribution in [-0.4, -0.2) is 38.6 Å². The molecule has 1 aliphatic rings. The highest BCUT2D eigenvalue weighted by Gasteiger charge is 2.22. The summed E-state index contributed by atoms with van der Waals surface area (Å²) < 4.78 is 2.20. The van der Waals surface area contributed by atoms with E-state index < -0.39 is 0 Å². The topological polar surface area (TPSA) is 33.4 Å². The minimum absolute atomic E-state index is 0.673. The standard InChI is InChI=1S/C16H24N4/c1-12(2)19-9-7-14(8-10-19)11-16-18-17-15-6-4-5-13(3)20(15)16/h4-6,12,14H,7-11H2,1-3H3. The van der Waals surface area contributed by atoms with E-state index in [1.165, 1.54) is 31.6 Å². The number of piperidine rings is 1. The molecular formula is C16H24N4. The van der Waals surface area contributed by atoms with Crippen molar-refractivity contribution in [1.82, 2.24) is 19.5 Å². The molecule has 0 unspecified atom stereocenters. The Kier molecular flexibility index (Phi) is 3.74. The molecule has 1 fully saturated rings. The van der Waals surface area contributed by atoms with Gasteiger partial charge in [-0.1, -0.05) is 6.07 Å². The maximum absolute atomic E-state index is 4.40. The zero-order chi connectivity index (χ0) is 14.1. The van der Waals surface area contributed by atoms with E-state index in [-0.39, 0.29) is 0 Å². The molecule has 0 bridgehead atoms. The van der Waals surface area contributed by atoms with Crippen LogP contribution < -0.4 is 0 Å². The van der Waals surface area contributed by atoms with Crippen LogP contribution >= 0.6 is 0 Å². The number of fused-ring (bicyclic) bond motifs is 1. The van der Waals surface area contributed by atoms with Crippen molar-refractivity contribution in [3.8, 4) is 0 Å². The molecule has 1 aliphatic heterocycles. The van der Waals surface area contributed by atoms with E-state index in [0.717, 1.165) is 23.8 Å². The smallest absolute Gasteiger partial charge is 0.160 e. The van der Waals surface area contributed by atoms with Crippen molar-refractivity contribution in [2.45, 2.75) is 46.1 Å². The SMILES string of the molecule is Cc1cccc2nnc(CC3CCN(C(C)C)CC3)n12. The largest absolute Gasteiger partial charge is 0.301 e. The molecule has 0 spiro atoms. The zero-order valence-corrected chi connectivity index (χ0v) is 12.7. The summed E-state index contributed by atoms with van der Waals surface area (Å²) in [7, 11) is 0. The van der Waals surface area contributed by atoms with Gasteiger partial charge < -0.3 is 4.90 Å². The fourth-order valence-electron chi connectivity index (χ4n) is 3.23. The van der Waals surface area contributed by atoms with Crippen LogP contribution in [0.3, 0.4) is 0 Å². The third kappa shape index (κ3) is 2.57. The van der Waals surface area contributed by atoms with Crippen LogP contribution in [0.5, 0.6) is 0 Å². The Hall–Kier alpha value is -1.42. The number of hydrogen-bond acceptors (Lipinski definition) is 3. The molecule has 2 aromatic heterocycles. The van der Waals surface area contributed by atoms with Gasteiger partial charge in [0.05, 0.1) is 0 Å². The van der Waals surface area contributed by atoms with Crippen LogP contribution in [0.4, 0.5) is 0 Å². The lowest BCUT2D eigenvalue weighted by Gasteiger charge is -2.34. The molecule has 0 atom stereocenters. The predicted octanol–water partition coefficient (Wildman–Crippen LogP) is 2.70. The molecular weight excluding hydrogens is 248 g/mol. The van der Waals surface area contributed by atoms with Gasteiger partial charge in [0.15, 0.2) is 5.65 Å². The van der Waals surface area contributed by atoms with Crippen molar-refractivity contribution in [1.29, 1.82) is 0 Å². The number of aromatic nitrogens is 3. The van der Waals surface area contributed by atoms with Crippen molar-refractivity contribution < 1.29 is 0 Å². The number of aryl methyl sites for hydroxylation is 1. The Balaban J connectivity index is 1.72. The van der Waals surface area contributed by atoms with Gasteiger partial charge in [-0.2, -0.15) is 0 Å². The molecule has 0 aromatic carbocycles. The number of hydrogen-bond donors (Lipinski definition) is 0. The van der Waals surface area contributed by atoms with E-state index >= 15 is 0 Å². The summed E-state index contributed by atoms with van der Waals surface area (Å²) >= 11 is 0. The fourth-order valence-corrected chi connectivity index (χ4v) is 3.23. The molecule has 2 aromatic rings. The summed E-state index contributed by atoms with van der Waals surface area (Å²) in [4.78, 5) is 2.57. The molecule has 4 nitrogen and oxygen atoms in total. The lowest BCUT2D eigenvalue weighted by molar-refractivity contribution is 0.148. The summed E-state index contributed by atoms with van der Waals surface area (Å²) in [6.45, 7) is 9.14. The molecule has 0 N–H and O–H groups in total. The maximum Gasteiger partial charge on any atom is 0.160 e. The number of rotatable bonds is 3. The Bertz CT molecular complexity index is 579. The highest BCUT2D eigenvalue weighted by atomic mass is 15.2. The van der Waals surface area contributed by atoms with E-state index in [9.17, 15) is 0 Å². The Morgan fingerprint density at radius 3 is 2.65 bits per heavy atom.